The zero-order chi connectivity index (χ0) is 21.0. The second-order valence-electron chi connectivity index (χ2n) is 6.95. The SMILES string of the molecule is COC(C)c1ncnn1-c1cc(C(=O)N[C@@H](C)CO)cc(-c2ccc(C)cn2)c1. The largest absolute Gasteiger partial charge is 0.394 e. The Morgan fingerprint density at radius 1 is 1.24 bits per heavy atom. The van der Waals surface area contributed by atoms with Crippen molar-refractivity contribution in [1.82, 2.24) is 25.1 Å². The Labute approximate surface area is 169 Å². The van der Waals surface area contributed by atoms with Crippen molar-refractivity contribution in [2.45, 2.75) is 32.9 Å². The van der Waals surface area contributed by atoms with Gasteiger partial charge in [0.2, 0.25) is 0 Å². The van der Waals surface area contributed by atoms with E-state index in [1.807, 2.05) is 32.0 Å². The van der Waals surface area contributed by atoms with E-state index in [1.54, 1.807) is 37.0 Å². The Morgan fingerprint density at radius 2 is 2.03 bits per heavy atom. The molecule has 0 spiro atoms. The molecule has 1 aromatic carbocycles. The number of amides is 1. The second-order valence-corrected chi connectivity index (χ2v) is 6.95. The van der Waals surface area contributed by atoms with Crippen molar-refractivity contribution in [2.75, 3.05) is 13.7 Å². The summed E-state index contributed by atoms with van der Waals surface area (Å²) in [5, 5.41) is 16.3. The number of pyridine rings is 1. The van der Waals surface area contributed by atoms with Crippen LogP contribution >= 0.6 is 0 Å². The van der Waals surface area contributed by atoms with E-state index in [2.05, 4.69) is 20.4 Å². The fraction of sp³-hybridized carbons (Fsp3) is 0.333. The predicted octanol–water partition coefficient (Wildman–Crippen LogP) is 2.46. The van der Waals surface area contributed by atoms with Crippen LogP contribution in [0.5, 0.6) is 0 Å². The number of aliphatic hydroxyl groups excluding tert-OH is 1. The van der Waals surface area contributed by atoms with Crippen molar-refractivity contribution in [2.24, 2.45) is 0 Å². The van der Waals surface area contributed by atoms with Gasteiger partial charge in [-0.25, -0.2) is 9.67 Å². The number of aryl methyl sites for hydroxylation is 1. The maximum absolute atomic E-state index is 12.7. The molecular weight excluding hydrogens is 370 g/mol. The Hall–Kier alpha value is -3.10. The number of hydrogen-bond acceptors (Lipinski definition) is 6. The van der Waals surface area contributed by atoms with E-state index in [1.165, 1.54) is 6.33 Å². The summed E-state index contributed by atoms with van der Waals surface area (Å²) in [5.74, 6) is 0.333. The molecule has 0 fully saturated rings. The summed E-state index contributed by atoms with van der Waals surface area (Å²) in [6.45, 7) is 5.44. The molecule has 2 N–H and O–H groups in total. The molecule has 2 aromatic heterocycles. The Balaban J connectivity index is 2.12. The van der Waals surface area contributed by atoms with Crippen molar-refractivity contribution >= 4 is 5.91 Å². The summed E-state index contributed by atoms with van der Waals surface area (Å²) >= 11 is 0. The fourth-order valence-corrected chi connectivity index (χ4v) is 2.84. The number of ether oxygens (including phenoxy) is 1. The molecular formula is C21H25N5O3. The minimum Gasteiger partial charge on any atom is -0.394 e. The van der Waals surface area contributed by atoms with Gasteiger partial charge < -0.3 is 15.2 Å². The maximum atomic E-state index is 12.7. The van der Waals surface area contributed by atoms with Gasteiger partial charge in [0, 0.05) is 30.5 Å². The number of rotatable bonds is 7. The molecule has 0 bridgehead atoms. The highest BCUT2D eigenvalue weighted by molar-refractivity contribution is 5.96. The van der Waals surface area contributed by atoms with Crippen molar-refractivity contribution in [3.05, 3.63) is 59.8 Å². The normalized spacial score (nSPS) is 13.1. The first-order valence-corrected chi connectivity index (χ1v) is 9.36. The first kappa shape index (κ1) is 20.6. The molecule has 8 heteroatoms. The zero-order valence-electron chi connectivity index (χ0n) is 17.0. The average Bonchev–Trinajstić information content (AvgIpc) is 3.23. The number of nitrogens with zero attached hydrogens (tertiary/aromatic N) is 4. The lowest BCUT2D eigenvalue weighted by Gasteiger charge is -2.15. The van der Waals surface area contributed by atoms with Gasteiger partial charge in [-0.1, -0.05) is 6.07 Å². The molecule has 0 aliphatic carbocycles. The topological polar surface area (TPSA) is 102 Å². The van der Waals surface area contributed by atoms with E-state index >= 15 is 0 Å². The average molecular weight is 395 g/mol. The highest BCUT2D eigenvalue weighted by Crippen LogP contribution is 2.25. The molecule has 0 radical (unpaired) electrons. The number of carbonyl (C=O) groups is 1. The molecule has 0 aliphatic rings. The fourth-order valence-electron chi connectivity index (χ4n) is 2.84. The van der Waals surface area contributed by atoms with Gasteiger partial charge in [-0.2, -0.15) is 5.10 Å². The lowest BCUT2D eigenvalue weighted by molar-refractivity contribution is 0.0922. The highest BCUT2D eigenvalue weighted by Gasteiger charge is 2.18. The maximum Gasteiger partial charge on any atom is 0.251 e. The van der Waals surface area contributed by atoms with Gasteiger partial charge in [0.15, 0.2) is 5.82 Å². The lowest BCUT2D eigenvalue weighted by atomic mass is 10.0. The molecule has 152 valence electrons. The predicted molar refractivity (Wildman–Crippen MR) is 109 cm³/mol. The van der Waals surface area contributed by atoms with Crippen molar-refractivity contribution < 1.29 is 14.6 Å². The molecule has 0 saturated heterocycles. The van der Waals surface area contributed by atoms with Gasteiger partial charge in [-0.15, -0.1) is 0 Å². The zero-order valence-corrected chi connectivity index (χ0v) is 17.0. The van der Waals surface area contributed by atoms with Gasteiger partial charge in [0.1, 0.15) is 12.4 Å². The highest BCUT2D eigenvalue weighted by atomic mass is 16.5. The first-order chi connectivity index (χ1) is 13.9. The van der Waals surface area contributed by atoms with Gasteiger partial charge in [-0.3, -0.25) is 9.78 Å². The second kappa shape index (κ2) is 8.93. The van der Waals surface area contributed by atoms with Gasteiger partial charge in [0.25, 0.3) is 5.91 Å². The van der Waals surface area contributed by atoms with Crippen LogP contribution in [0.25, 0.3) is 16.9 Å². The summed E-state index contributed by atoms with van der Waals surface area (Å²) in [6, 6.07) is 8.93. The molecule has 1 amide bonds. The number of hydrogen-bond donors (Lipinski definition) is 2. The van der Waals surface area contributed by atoms with Crippen molar-refractivity contribution in [3.8, 4) is 16.9 Å². The van der Waals surface area contributed by atoms with E-state index < -0.39 is 0 Å². The molecule has 2 heterocycles. The third kappa shape index (κ3) is 4.67. The molecule has 0 saturated carbocycles. The number of benzene rings is 1. The van der Waals surface area contributed by atoms with Crippen LogP contribution in [0, 0.1) is 6.92 Å². The van der Waals surface area contributed by atoms with Crippen LogP contribution in [0.3, 0.4) is 0 Å². The van der Waals surface area contributed by atoms with Gasteiger partial charge >= 0.3 is 0 Å². The summed E-state index contributed by atoms with van der Waals surface area (Å²) in [6.07, 6.45) is 2.96. The summed E-state index contributed by atoms with van der Waals surface area (Å²) < 4.78 is 7.04. The lowest BCUT2D eigenvalue weighted by Crippen LogP contribution is -2.35. The van der Waals surface area contributed by atoms with Crippen molar-refractivity contribution in [1.29, 1.82) is 0 Å². The molecule has 1 unspecified atom stereocenters. The molecule has 29 heavy (non-hydrogen) atoms. The molecule has 2 atom stereocenters. The van der Waals surface area contributed by atoms with E-state index in [0.717, 1.165) is 16.8 Å². The monoisotopic (exact) mass is 395 g/mol. The number of methoxy groups -OCH3 is 1. The quantitative estimate of drug-likeness (QED) is 0.637. The van der Waals surface area contributed by atoms with E-state index in [0.29, 0.717) is 17.1 Å². The van der Waals surface area contributed by atoms with Crippen molar-refractivity contribution in [3.63, 3.8) is 0 Å². The van der Waals surface area contributed by atoms with Crippen LogP contribution in [0.15, 0.2) is 42.9 Å². The van der Waals surface area contributed by atoms with E-state index in [-0.39, 0.29) is 24.7 Å². The molecule has 8 nitrogen and oxygen atoms in total. The Kier molecular flexibility index (Phi) is 6.36. The number of aromatic nitrogens is 4. The summed E-state index contributed by atoms with van der Waals surface area (Å²) in [5.41, 5.74) is 3.67. The minimum atomic E-state index is -0.359. The molecule has 3 aromatic rings. The summed E-state index contributed by atoms with van der Waals surface area (Å²) in [7, 11) is 1.60. The van der Waals surface area contributed by atoms with E-state index in [9.17, 15) is 9.90 Å². The van der Waals surface area contributed by atoms with E-state index in [4.69, 9.17) is 4.74 Å². The van der Waals surface area contributed by atoms with Crippen LogP contribution in [0.1, 0.15) is 41.7 Å². The minimum absolute atomic E-state index is 0.142. The first-order valence-electron chi connectivity index (χ1n) is 9.36. The van der Waals surface area contributed by atoms with Gasteiger partial charge in [-0.05, 0) is 50.6 Å². The third-order valence-corrected chi connectivity index (χ3v) is 4.57. The van der Waals surface area contributed by atoms with Gasteiger partial charge in [0.05, 0.1) is 18.0 Å². The number of nitrogens with one attached hydrogen (secondary N) is 1. The molecule has 0 aliphatic heterocycles. The van der Waals surface area contributed by atoms with Crippen LogP contribution in [-0.2, 0) is 4.74 Å². The number of aliphatic hydroxyl groups is 1. The summed E-state index contributed by atoms with van der Waals surface area (Å²) in [4.78, 5) is 21.5. The molecule has 3 rings (SSSR count). The Morgan fingerprint density at radius 3 is 2.69 bits per heavy atom. The van der Waals surface area contributed by atoms with Crippen LogP contribution in [0.2, 0.25) is 0 Å². The van der Waals surface area contributed by atoms with Crippen LogP contribution in [-0.4, -0.2) is 50.5 Å². The smallest absolute Gasteiger partial charge is 0.251 e. The standard InChI is InChI=1S/C21H25N5O3/c1-13-5-6-19(22-10-13)16-7-17(21(28)25-14(2)11-27)9-18(8-16)26-20(15(3)29-4)23-12-24-26/h5-10,12,14-15,27H,11H2,1-4H3,(H,25,28)/t14-,15?/m0/s1. The van der Waals surface area contributed by atoms with Crippen LogP contribution < -0.4 is 5.32 Å². The van der Waals surface area contributed by atoms with Crippen LogP contribution in [0.4, 0.5) is 0 Å². The number of carbonyl (C=O) groups excluding carboxylic acids is 1. The third-order valence-electron chi connectivity index (χ3n) is 4.57. The Bertz CT molecular complexity index is 984.